The maximum Gasteiger partial charge on any atom is 0.410 e. The van der Waals surface area contributed by atoms with Gasteiger partial charge in [-0.05, 0) is 84.5 Å². The van der Waals surface area contributed by atoms with Crippen LogP contribution in [0.4, 0.5) is 10.5 Å². The molecule has 0 bridgehead atoms. The molecule has 1 aromatic carbocycles. The maximum atomic E-state index is 13.0. The number of anilines is 1. The molecule has 3 aliphatic rings. The molecule has 0 N–H and O–H groups in total. The molecule has 3 fully saturated rings. The van der Waals surface area contributed by atoms with E-state index in [0.717, 1.165) is 62.8 Å². The molecule has 2 saturated heterocycles. The molecule has 0 spiro atoms. The Hall–Kier alpha value is -2.15. The van der Waals surface area contributed by atoms with Crippen molar-refractivity contribution in [1.29, 1.82) is 0 Å². The Labute approximate surface area is 198 Å². The van der Waals surface area contributed by atoms with Crippen LogP contribution < -0.4 is 14.4 Å². The van der Waals surface area contributed by atoms with Crippen LogP contribution >= 0.6 is 0 Å². The summed E-state index contributed by atoms with van der Waals surface area (Å²) in [7, 11) is 1.70. The fraction of sp³-hybridized carbons (Fsp3) is 0.731. The number of piperazine rings is 1. The van der Waals surface area contributed by atoms with Gasteiger partial charge >= 0.3 is 6.09 Å². The summed E-state index contributed by atoms with van der Waals surface area (Å²) in [6.07, 6.45) is 7.24. The number of hydrogen-bond donors (Lipinski definition) is 0. The molecule has 184 valence electrons. The topological polar surface area (TPSA) is 54.5 Å². The molecular formula is C26H41N3O4. The minimum Gasteiger partial charge on any atom is -0.493 e. The summed E-state index contributed by atoms with van der Waals surface area (Å²) in [5, 5.41) is 0. The van der Waals surface area contributed by atoms with Gasteiger partial charge in [-0.3, -0.25) is 0 Å². The average Bonchev–Trinajstić information content (AvgIpc) is 3.47. The predicted octanol–water partition coefficient (Wildman–Crippen LogP) is 4.54. The third-order valence-corrected chi connectivity index (χ3v) is 6.89. The zero-order chi connectivity index (χ0) is 23.4. The molecule has 1 aliphatic carbocycles. The molecule has 7 nitrogen and oxygen atoms in total. The van der Waals surface area contributed by atoms with Crippen LogP contribution in [0, 0.1) is 0 Å². The van der Waals surface area contributed by atoms with Gasteiger partial charge in [0.15, 0.2) is 11.5 Å². The molecule has 33 heavy (non-hydrogen) atoms. The van der Waals surface area contributed by atoms with E-state index in [1.165, 1.54) is 25.7 Å². The molecule has 0 radical (unpaired) electrons. The lowest BCUT2D eigenvalue weighted by Gasteiger charge is -2.44. The predicted molar refractivity (Wildman–Crippen MR) is 130 cm³/mol. The van der Waals surface area contributed by atoms with Gasteiger partial charge in [0.05, 0.1) is 19.3 Å². The standard InChI is InChI=1S/C26H41N3O4/c1-26(2,3)33-25(30)29-16-15-28(19-21(29)18-27-13-7-8-14-27)20-11-12-23(31-4)24(17-20)32-22-9-5-6-10-22/h11-12,17,21-22H,5-10,13-16,18-19H2,1-4H3/t21-/m0/s1. The van der Waals surface area contributed by atoms with Crippen molar-refractivity contribution in [3.63, 3.8) is 0 Å². The van der Waals surface area contributed by atoms with Crippen molar-refractivity contribution in [3.8, 4) is 11.5 Å². The van der Waals surface area contributed by atoms with Gasteiger partial charge in [-0.1, -0.05) is 0 Å². The number of amides is 1. The molecule has 1 aromatic rings. The number of benzene rings is 1. The van der Waals surface area contributed by atoms with Crippen LogP contribution in [0.15, 0.2) is 18.2 Å². The third kappa shape index (κ3) is 6.25. The van der Waals surface area contributed by atoms with E-state index in [2.05, 4.69) is 21.9 Å². The number of carbonyl (C=O) groups is 1. The zero-order valence-electron chi connectivity index (χ0n) is 20.8. The summed E-state index contributed by atoms with van der Waals surface area (Å²) in [6.45, 7) is 11.1. The van der Waals surface area contributed by atoms with E-state index in [4.69, 9.17) is 14.2 Å². The molecule has 2 heterocycles. The molecule has 2 aliphatic heterocycles. The van der Waals surface area contributed by atoms with Gasteiger partial charge in [-0.15, -0.1) is 0 Å². The second kappa shape index (κ2) is 10.4. The lowest BCUT2D eigenvalue weighted by atomic mass is 10.1. The lowest BCUT2D eigenvalue weighted by Crippen LogP contribution is -2.59. The first-order valence-corrected chi connectivity index (χ1v) is 12.6. The maximum absolute atomic E-state index is 13.0. The quantitative estimate of drug-likeness (QED) is 0.623. The van der Waals surface area contributed by atoms with Gasteiger partial charge in [-0.2, -0.15) is 0 Å². The highest BCUT2D eigenvalue weighted by molar-refractivity contribution is 5.69. The Morgan fingerprint density at radius 2 is 1.73 bits per heavy atom. The molecule has 0 unspecified atom stereocenters. The van der Waals surface area contributed by atoms with Crippen LogP contribution in [-0.2, 0) is 4.74 Å². The van der Waals surface area contributed by atoms with Crippen LogP contribution in [0.1, 0.15) is 59.3 Å². The number of likely N-dealkylation sites (tertiary alicyclic amines) is 1. The zero-order valence-corrected chi connectivity index (χ0v) is 20.8. The molecule has 1 atom stereocenters. The van der Waals surface area contributed by atoms with E-state index in [1.54, 1.807) is 7.11 Å². The van der Waals surface area contributed by atoms with E-state index in [9.17, 15) is 4.79 Å². The number of carbonyl (C=O) groups excluding carboxylic acids is 1. The number of rotatable bonds is 6. The monoisotopic (exact) mass is 459 g/mol. The Morgan fingerprint density at radius 1 is 1.00 bits per heavy atom. The SMILES string of the molecule is COc1ccc(N2CCN(C(=O)OC(C)(C)C)[C@@H](CN3CCCC3)C2)cc1OC1CCCC1. The van der Waals surface area contributed by atoms with Crippen LogP contribution in [0.3, 0.4) is 0 Å². The van der Waals surface area contributed by atoms with Gasteiger partial charge in [0.1, 0.15) is 5.60 Å². The number of hydrogen-bond acceptors (Lipinski definition) is 6. The number of methoxy groups -OCH3 is 1. The smallest absolute Gasteiger partial charge is 0.410 e. The number of nitrogens with zero attached hydrogens (tertiary/aromatic N) is 3. The Kier molecular flexibility index (Phi) is 7.57. The van der Waals surface area contributed by atoms with Gasteiger partial charge in [0.2, 0.25) is 0 Å². The fourth-order valence-electron chi connectivity index (χ4n) is 5.21. The second-order valence-electron chi connectivity index (χ2n) is 10.6. The van der Waals surface area contributed by atoms with Crippen LogP contribution in [0.5, 0.6) is 11.5 Å². The minimum atomic E-state index is -0.491. The Balaban J connectivity index is 1.50. The highest BCUT2D eigenvalue weighted by Crippen LogP contribution is 2.36. The number of ether oxygens (including phenoxy) is 3. The van der Waals surface area contributed by atoms with Crippen LogP contribution in [0.25, 0.3) is 0 Å². The van der Waals surface area contributed by atoms with E-state index in [0.29, 0.717) is 6.54 Å². The molecule has 7 heteroatoms. The first-order chi connectivity index (χ1) is 15.8. The van der Waals surface area contributed by atoms with E-state index < -0.39 is 5.60 Å². The molecular weight excluding hydrogens is 418 g/mol. The largest absolute Gasteiger partial charge is 0.493 e. The molecule has 1 amide bonds. The first-order valence-electron chi connectivity index (χ1n) is 12.6. The Bertz CT molecular complexity index is 797. The van der Waals surface area contributed by atoms with E-state index >= 15 is 0 Å². The van der Waals surface area contributed by atoms with Gasteiger partial charge in [0, 0.05) is 37.9 Å². The Morgan fingerprint density at radius 3 is 2.39 bits per heavy atom. The first kappa shape index (κ1) is 24.0. The summed E-state index contributed by atoms with van der Waals surface area (Å²) in [6, 6.07) is 6.33. The average molecular weight is 460 g/mol. The summed E-state index contributed by atoms with van der Waals surface area (Å²) in [5.41, 5.74) is 0.633. The van der Waals surface area contributed by atoms with Gasteiger partial charge in [0.25, 0.3) is 0 Å². The van der Waals surface area contributed by atoms with Crippen molar-refractivity contribution in [2.75, 3.05) is 51.3 Å². The van der Waals surface area contributed by atoms with E-state index in [-0.39, 0.29) is 18.2 Å². The van der Waals surface area contributed by atoms with Crippen molar-refractivity contribution in [2.24, 2.45) is 0 Å². The highest BCUT2D eigenvalue weighted by Gasteiger charge is 2.35. The third-order valence-electron chi connectivity index (χ3n) is 6.89. The molecule has 0 aromatic heterocycles. The highest BCUT2D eigenvalue weighted by atomic mass is 16.6. The summed E-state index contributed by atoms with van der Waals surface area (Å²) in [5.74, 6) is 1.61. The second-order valence-corrected chi connectivity index (χ2v) is 10.6. The van der Waals surface area contributed by atoms with Crippen molar-refractivity contribution >= 4 is 11.8 Å². The summed E-state index contributed by atoms with van der Waals surface area (Å²) < 4.78 is 17.7. The summed E-state index contributed by atoms with van der Waals surface area (Å²) >= 11 is 0. The molecule has 4 rings (SSSR count). The van der Waals surface area contributed by atoms with Gasteiger partial charge < -0.3 is 28.9 Å². The van der Waals surface area contributed by atoms with Gasteiger partial charge in [-0.25, -0.2) is 4.79 Å². The minimum absolute atomic E-state index is 0.0907. The van der Waals surface area contributed by atoms with Crippen molar-refractivity contribution in [3.05, 3.63) is 18.2 Å². The van der Waals surface area contributed by atoms with Crippen molar-refractivity contribution in [1.82, 2.24) is 9.80 Å². The van der Waals surface area contributed by atoms with Crippen molar-refractivity contribution < 1.29 is 19.0 Å². The molecule has 1 saturated carbocycles. The van der Waals surface area contributed by atoms with E-state index in [1.807, 2.05) is 31.7 Å². The van der Waals surface area contributed by atoms with Crippen LogP contribution in [0.2, 0.25) is 0 Å². The summed E-state index contributed by atoms with van der Waals surface area (Å²) in [4.78, 5) is 19.8. The lowest BCUT2D eigenvalue weighted by molar-refractivity contribution is 0.0107. The van der Waals surface area contributed by atoms with Crippen molar-refractivity contribution in [2.45, 2.75) is 77.0 Å². The fourth-order valence-corrected chi connectivity index (χ4v) is 5.21. The normalized spacial score (nSPS) is 22.6. The van der Waals surface area contributed by atoms with Crippen LogP contribution in [-0.4, -0.2) is 80.0 Å².